The number of aliphatic hydroxyl groups is 1. The Kier molecular flexibility index (Phi) is 7.37. The Morgan fingerprint density at radius 1 is 1.57 bits per heavy atom. The molecule has 0 saturated heterocycles. The lowest BCUT2D eigenvalue weighted by Crippen LogP contribution is -2.37. The Morgan fingerprint density at radius 2 is 2.21 bits per heavy atom. The van der Waals surface area contributed by atoms with Gasteiger partial charge in [-0.3, -0.25) is 4.79 Å². The summed E-state index contributed by atoms with van der Waals surface area (Å²) in [5.41, 5.74) is 0. The molecule has 0 aromatic rings. The van der Waals surface area contributed by atoms with E-state index in [2.05, 4.69) is 5.32 Å². The van der Waals surface area contributed by atoms with Gasteiger partial charge in [-0.2, -0.15) is 0 Å². The molecule has 0 bridgehead atoms. The fourth-order valence-corrected chi connectivity index (χ4v) is 1.04. The smallest absolute Gasteiger partial charge is 0.319 e. The standard InChI is InChI=1S/C9H20N2O3/c1-4-14-9(13)6-10-5-8(12)7-11(2)3/h8,10,12H,4-7H2,1-3H3. The van der Waals surface area contributed by atoms with Crippen molar-refractivity contribution < 1.29 is 14.6 Å². The first kappa shape index (κ1) is 13.4. The molecule has 0 aliphatic heterocycles. The summed E-state index contributed by atoms with van der Waals surface area (Å²) in [4.78, 5) is 12.8. The van der Waals surface area contributed by atoms with Crippen molar-refractivity contribution in [1.82, 2.24) is 10.2 Å². The number of carbonyl (C=O) groups excluding carboxylic acids is 1. The van der Waals surface area contributed by atoms with Crippen molar-refractivity contribution in [3.63, 3.8) is 0 Å². The second-order valence-corrected chi connectivity index (χ2v) is 3.35. The number of hydrogen-bond acceptors (Lipinski definition) is 5. The number of esters is 1. The van der Waals surface area contributed by atoms with Crippen molar-refractivity contribution in [3.05, 3.63) is 0 Å². The topological polar surface area (TPSA) is 61.8 Å². The Bertz CT molecular complexity index is 162. The quantitative estimate of drug-likeness (QED) is 0.524. The van der Waals surface area contributed by atoms with Crippen molar-refractivity contribution in [1.29, 1.82) is 0 Å². The summed E-state index contributed by atoms with van der Waals surface area (Å²) < 4.78 is 4.71. The summed E-state index contributed by atoms with van der Waals surface area (Å²) in [5.74, 6) is -0.287. The van der Waals surface area contributed by atoms with Gasteiger partial charge < -0.3 is 20.1 Å². The Labute approximate surface area is 85.0 Å². The van der Waals surface area contributed by atoms with Gasteiger partial charge in [0.05, 0.1) is 19.3 Å². The number of aliphatic hydroxyl groups excluding tert-OH is 1. The fourth-order valence-electron chi connectivity index (χ4n) is 1.04. The molecule has 5 nitrogen and oxygen atoms in total. The van der Waals surface area contributed by atoms with E-state index in [4.69, 9.17) is 4.74 Å². The molecule has 0 radical (unpaired) electrons. The van der Waals surface area contributed by atoms with Crippen molar-refractivity contribution in [2.75, 3.05) is 40.3 Å². The number of nitrogens with zero attached hydrogens (tertiary/aromatic N) is 1. The first-order chi connectivity index (χ1) is 6.56. The molecule has 2 N–H and O–H groups in total. The second-order valence-electron chi connectivity index (χ2n) is 3.35. The van der Waals surface area contributed by atoms with Crippen LogP contribution in [0.4, 0.5) is 0 Å². The summed E-state index contributed by atoms with van der Waals surface area (Å²) in [5, 5.41) is 12.2. The zero-order valence-corrected chi connectivity index (χ0v) is 9.12. The van der Waals surface area contributed by atoms with E-state index in [0.717, 1.165) is 0 Å². The van der Waals surface area contributed by atoms with Crippen LogP contribution in [0.2, 0.25) is 0 Å². The van der Waals surface area contributed by atoms with Crippen LogP contribution in [0, 0.1) is 0 Å². The number of likely N-dealkylation sites (N-methyl/N-ethyl adjacent to an activating group) is 1. The van der Waals surface area contributed by atoms with Gasteiger partial charge in [0.25, 0.3) is 0 Å². The van der Waals surface area contributed by atoms with E-state index in [1.54, 1.807) is 6.92 Å². The number of hydrogen-bond donors (Lipinski definition) is 2. The molecule has 0 aliphatic carbocycles. The summed E-state index contributed by atoms with van der Waals surface area (Å²) >= 11 is 0. The Balaban J connectivity index is 3.39. The lowest BCUT2D eigenvalue weighted by molar-refractivity contribution is -0.142. The number of carbonyl (C=O) groups is 1. The molecule has 0 heterocycles. The van der Waals surface area contributed by atoms with Gasteiger partial charge in [0.1, 0.15) is 0 Å². The van der Waals surface area contributed by atoms with Crippen LogP contribution in [0.1, 0.15) is 6.92 Å². The zero-order valence-electron chi connectivity index (χ0n) is 9.12. The van der Waals surface area contributed by atoms with Crippen LogP contribution in [0.15, 0.2) is 0 Å². The molecule has 0 rings (SSSR count). The largest absolute Gasteiger partial charge is 0.465 e. The molecule has 0 aliphatic rings. The molecular weight excluding hydrogens is 184 g/mol. The summed E-state index contributed by atoms with van der Waals surface area (Å²) in [7, 11) is 3.77. The van der Waals surface area contributed by atoms with Crippen LogP contribution in [-0.2, 0) is 9.53 Å². The Hall–Kier alpha value is -0.650. The maximum absolute atomic E-state index is 10.9. The zero-order chi connectivity index (χ0) is 11.0. The maximum atomic E-state index is 10.9. The van der Waals surface area contributed by atoms with Crippen molar-refractivity contribution in [3.8, 4) is 0 Å². The van der Waals surface area contributed by atoms with E-state index in [-0.39, 0.29) is 12.5 Å². The van der Waals surface area contributed by atoms with Gasteiger partial charge in [0.15, 0.2) is 0 Å². The van der Waals surface area contributed by atoms with Gasteiger partial charge >= 0.3 is 5.97 Å². The van der Waals surface area contributed by atoms with E-state index < -0.39 is 6.10 Å². The molecule has 0 fully saturated rings. The van der Waals surface area contributed by atoms with Gasteiger partial charge in [-0.05, 0) is 21.0 Å². The van der Waals surface area contributed by atoms with Crippen LogP contribution in [0.25, 0.3) is 0 Å². The third-order valence-corrected chi connectivity index (χ3v) is 1.53. The van der Waals surface area contributed by atoms with Crippen LogP contribution in [0.5, 0.6) is 0 Å². The SMILES string of the molecule is CCOC(=O)CNCC(O)CN(C)C. The van der Waals surface area contributed by atoms with Gasteiger partial charge in [0, 0.05) is 13.1 Å². The molecule has 0 saturated carbocycles. The van der Waals surface area contributed by atoms with Crippen molar-refractivity contribution >= 4 is 5.97 Å². The molecule has 0 amide bonds. The summed E-state index contributed by atoms with van der Waals surface area (Å²) in [6, 6.07) is 0. The van der Waals surface area contributed by atoms with Crippen molar-refractivity contribution in [2.24, 2.45) is 0 Å². The molecule has 0 aromatic carbocycles. The fraction of sp³-hybridized carbons (Fsp3) is 0.889. The molecule has 1 unspecified atom stereocenters. The van der Waals surface area contributed by atoms with Gasteiger partial charge in [-0.25, -0.2) is 0 Å². The third-order valence-electron chi connectivity index (χ3n) is 1.53. The van der Waals surface area contributed by atoms with Gasteiger partial charge in [-0.1, -0.05) is 0 Å². The predicted molar refractivity (Wildman–Crippen MR) is 54.1 cm³/mol. The molecular formula is C9H20N2O3. The highest BCUT2D eigenvalue weighted by Gasteiger charge is 2.06. The highest BCUT2D eigenvalue weighted by atomic mass is 16.5. The minimum absolute atomic E-state index is 0.151. The summed E-state index contributed by atoms with van der Waals surface area (Å²) in [6.45, 7) is 3.28. The average molecular weight is 204 g/mol. The normalized spacial score (nSPS) is 12.9. The first-order valence-corrected chi connectivity index (χ1v) is 4.75. The van der Waals surface area contributed by atoms with E-state index >= 15 is 0 Å². The summed E-state index contributed by atoms with van der Waals surface area (Å²) in [6.07, 6.45) is -0.459. The van der Waals surface area contributed by atoms with E-state index in [9.17, 15) is 9.90 Å². The van der Waals surface area contributed by atoms with Crippen LogP contribution < -0.4 is 5.32 Å². The molecule has 1 atom stereocenters. The maximum Gasteiger partial charge on any atom is 0.319 e. The van der Waals surface area contributed by atoms with Crippen LogP contribution in [0.3, 0.4) is 0 Å². The second kappa shape index (κ2) is 7.73. The number of ether oxygens (including phenoxy) is 1. The number of nitrogens with one attached hydrogen (secondary N) is 1. The predicted octanol–water partition coefficient (Wildman–Crippen LogP) is -0.938. The highest BCUT2D eigenvalue weighted by molar-refractivity contribution is 5.71. The molecule has 14 heavy (non-hydrogen) atoms. The molecule has 84 valence electrons. The van der Waals surface area contributed by atoms with Gasteiger partial charge in [-0.15, -0.1) is 0 Å². The van der Waals surface area contributed by atoms with Crippen LogP contribution in [-0.4, -0.2) is 62.4 Å². The monoisotopic (exact) mass is 204 g/mol. The lowest BCUT2D eigenvalue weighted by atomic mass is 10.3. The Morgan fingerprint density at radius 3 is 2.71 bits per heavy atom. The third kappa shape index (κ3) is 7.97. The average Bonchev–Trinajstić information content (AvgIpc) is 2.02. The van der Waals surface area contributed by atoms with E-state index in [0.29, 0.717) is 19.7 Å². The lowest BCUT2D eigenvalue weighted by Gasteiger charge is -2.15. The van der Waals surface area contributed by atoms with Gasteiger partial charge in [0.2, 0.25) is 0 Å². The number of rotatable bonds is 7. The van der Waals surface area contributed by atoms with Crippen molar-refractivity contribution in [2.45, 2.75) is 13.0 Å². The molecule has 5 heteroatoms. The minimum atomic E-state index is -0.459. The highest BCUT2D eigenvalue weighted by Crippen LogP contribution is 1.84. The van der Waals surface area contributed by atoms with E-state index in [1.165, 1.54) is 0 Å². The minimum Gasteiger partial charge on any atom is -0.465 e. The molecule has 0 spiro atoms. The van der Waals surface area contributed by atoms with Crippen LogP contribution >= 0.6 is 0 Å². The van der Waals surface area contributed by atoms with E-state index in [1.807, 2.05) is 19.0 Å². The first-order valence-electron chi connectivity index (χ1n) is 4.75. The molecule has 0 aromatic heterocycles.